The van der Waals surface area contributed by atoms with Gasteiger partial charge < -0.3 is 5.11 Å². The van der Waals surface area contributed by atoms with Crippen molar-refractivity contribution in [1.29, 1.82) is 0 Å². The van der Waals surface area contributed by atoms with Gasteiger partial charge >= 0.3 is 5.97 Å². The Kier molecular flexibility index (Phi) is 4.30. The summed E-state index contributed by atoms with van der Waals surface area (Å²) in [5, 5.41) is 9.05. The maximum atomic E-state index is 11.0. The van der Waals surface area contributed by atoms with Gasteiger partial charge in [0.15, 0.2) is 0 Å². The lowest BCUT2D eigenvalue weighted by molar-refractivity contribution is -0.131. The fourth-order valence-electron chi connectivity index (χ4n) is 3.20. The second kappa shape index (κ2) is 6.92. The van der Waals surface area contributed by atoms with Crippen molar-refractivity contribution in [2.45, 2.75) is 6.92 Å². The Morgan fingerprint density at radius 3 is 2.30 bits per heavy atom. The molecule has 4 nitrogen and oxygen atoms in total. The average Bonchev–Trinajstić information content (AvgIpc) is 3.07. The quantitative estimate of drug-likeness (QED) is 0.520. The maximum Gasteiger partial charge on any atom is 0.328 e. The van der Waals surface area contributed by atoms with E-state index in [-0.39, 0.29) is 0 Å². The first-order valence-electron chi connectivity index (χ1n) is 8.68. The van der Waals surface area contributed by atoms with Crippen LogP contribution in [0, 0.1) is 6.92 Å². The average molecular weight is 354 g/mol. The second-order valence-electron chi connectivity index (χ2n) is 6.35. The molecule has 4 aromatic rings. The minimum Gasteiger partial charge on any atom is -0.478 e. The number of aromatic nitrogens is 2. The SMILES string of the molecule is Cc1cccn2c(C=CC(=O)O)c(-c3ccc(-c4ccccc4)cc3)nc12. The highest BCUT2D eigenvalue weighted by Gasteiger charge is 2.13. The first-order valence-corrected chi connectivity index (χ1v) is 8.68. The zero-order chi connectivity index (χ0) is 18.8. The van der Waals surface area contributed by atoms with Crippen molar-refractivity contribution in [2.75, 3.05) is 0 Å². The van der Waals surface area contributed by atoms with Gasteiger partial charge in [0, 0.05) is 17.8 Å². The fourth-order valence-corrected chi connectivity index (χ4v) is 3.20. The van der Waals surface area contributed by atoms with Gasteiger partial charge in [0.05, 0.1) is 11.4 Å². The van der Waals surface area contributed by atoms with Crippen LogP contribution in [0.3, 0.4) is 0 Å². The summed E-state index contributed by atoms with van der Waals surface area (Å²) in [6, 6.07) is 22.3. The van der Waals surface area contributed by atoms with Gasteiger partial charge in [-0.15, -0.1) is 0 Å². The Hall–Kier alpha value is -3.66. The summed E-state index contributed by atoms with van der Waals surface area (Å²) in [7, 11) is 0. The summed E-state index contributed by atoms with van der Waals surface area (Å²) in [5.74, 6) is -0.983. The molecule has 0 aliphatic heterocycles. The molecule has 0 aliphatic rings. The second-order valence-corrected chi connectivity index (χ2v) is 6.35. The van der Waals surface area contributed by atoms with Crippen LogP contribution in [0.25, 0.3) is 34.1 Å². The number of hydrogen-bond acceptors (Lipinski definition) is 2. The van der Waals surface area contributed by atoms with Crippen LogP contribution < -0.4 is 0 Å². The molecular formula is C23H18N2O2. The van der Waals surface area contributed by atoms with E-state index in [0.717, 1.165) is 45.4 Å². The number of carboxylic acid groups (broad SMARTS) is 1. The smallest absolute Gasteiger partial charge is 0.328 e. The summed E-state index contributed by atoms with van der Waals surface area (Å²) < 4.78 is 1.93. The highest BCUT2D eigenvalue weighted by atomic mass is 16.4. The van der Waals surface area contributed by atoms with Gasteiger partial charge in [-0.1, -0.05) is 60.7 Å². The molecule has 0 aliphatic carbocycles. The molecule has 0 saturated carbocycles. The van der Waals surface area contributed by atoms with Gasteiger partial charge in [-0.2, -0.15) is 0 Å². The number of carboxylic acids is 1. The number of fused-ring (bicyclic) bond motifs is 1. The molecule has 2 heterocycles. The third-order valence-corrected chi connectivity index (χ3v) is 4.53. The third kappa shape index (κ3) is 3.25. The van der Waals surface area contributed by atoms with Crippen molar-refractivity contribution in [3.63, 3.8) is 0 Å². The Labute approximate surface area is 157 Å². The summed E-state index contributed by atoms with van der Waals surface area (Å²) in [4.78, 5) is 15.8. The van der Waals surface area contributed by atoms with Gasteiger partial charge in [0.2, 0.25) is 0 Å². The molecule has 4 heteroatoms. The van der Waals surface area contributed by atoms with Crippen LogP contribution in [0.15, 0.2) is 79.0 Å². The number of pyridine rings is 1. The fraction of sp³-hybridized carbons (Fsp3) is 0.0435. The van der Waals surface area contributed by atoms with Crippen molar-refractivity contribution in [3.8, 4) is 22.4 Å². The zero-order valence-electron chi connectivity index (χ0n) is 14.8. The molecule has 0 saturated heterocycles. The highest BCUT2D eigenvalue weighted by Crippen LogP contribution is 2.29. The molecule has 0 atom stereocenters. The van der Waals surface area contributed by atoms with Gasteiger partial charge in [0.1, 0.15) is 5.65 Å². The van der Waals surface area contributed by atoms with Gasteiger partial charge in [0.25, 0.3) is 0 Å². The van der Waals surface area contributed by atoms with Crippen molar-refractivity contribution >= 4 is 17.7 Å². The molecule has 0 amide bonds. The van der Waals surface area contributed by atoms with Gasteiger partial charge in [-0.25, -0.2) is 9.78 Å². The van der Waals surface area contributed by atoms with E-state index >= 15 is 0 Å². The molecule has 0 radical (unpaired) electrons. The van der Waals surface area contributed by atoms with E-state index in [2.05, 4.69) is 24.3 Å². The summed E-state index contributed by atoms with van der Waals surface area (Å²) >= 11 is 0. The van der Waals surface area contributed by atoms with E-state index in [9.17, 15) is 4.79 Å². The lowest BCUT2D eigenvalue weighted by Gasteiger charge is -2.04. The molecule has 0 unspecified atom stereocenters. The topological polar surface area (TPSA) is 54.6 Å². The number of nitrogens with zero attached hydrogens (tertiary/aromatic N) is 2. The predicted octanol–water partition coefficient (Wildman–Crippen LogP) is 5.07. The third-order valence-electron chi connectivity index (χ3n) is 4.53. The molecule has 2 aromatic heterocycles. The molecule has 0 spiro atoms. The summed E-state index contributed by atoms with van der Waals surface area (Å²) in [6.07, 6.45) is 4.65. The van der Waals surface area contributed by atoms with Crippen LogP contribution in [0.2, 0.25) is 0 Å². The minimum atomic E-state index is -0.983. The first kappa shape index (κ1) is 16.8. The molecule has 2 aromatic carbocycles. The zero-order valence-corrected chi connectivity index (χ0v) is 14.8. The first-order chi connectivity index (χ1) is 13.1. The molecular weight excluding hydrogens is 336 g/mol. The standard InChI is InChI=1S/C23H18N2O2/c1-16-6-5-15-25-20(13-14-21(26)27)22(24-23(16)25)19-11-9-18(10-12-19)17-7-3-2-4-8-17/h2-15H,1H3,(H,26,27). The molecule has 0 fully saturated rings. The predicted molar refractivity (Wildman–Crippen MR) is 107 cm³/mol. The number of imidazole rings is 1. The number of aliphatic carboxylic acids is 1. The number of carbonyl (C=O) groups is 1. The molecule has 0 bridgehead atoms. The van der Waals surface area contributed by atoms with Crippen LogP contribution in [-0.4, -0.2) is 20.5 Å². The van der Waals surface area contributed by atoms with Crippen LogP contribution in [0.4, 0.5) is 0 Å². The molecule has 132 valence electrons. The Bertz CT molecular complexity index is 1140. The van der Waals surface area contributed by atoms with Crippen LogP contribution >= 0.6 is 0 Å². The normalized spacial score (nSPS) is 11.3. The van der Waals surface area contributed by atoms with Gasteiger partial charge in [-0.3, -0.25) is 4.40 Å². The largest absolute Gasteiger partial charge is 0.478 e. The van der Waals surface area contributed by atoms with Gasteiger partial charge in [-0.05, 0) is 35.8 Å². The van der Waals surface area contributed by atoms with Crippen molar-refractivity contribution in [1.82, 2.24) is 9.38 Å². The van der Waals surface area contributed by atoms with Crippen molar-refractivity contribution in [3.05, 3.63) is 90.3 Å². The Balaban J connectivity index is 1.84. The Morgan fingerprint density at radius 2 is 1.59 bits per heavy atom. The molecule has 27 heavy (non-hydrogen) atoms. The van der Waals surface area contributed by atoms with E-state index in [4.69, 9.17) is 10.1 Å². The van der Waals surface area contributed by atoms with E-state index in [1.54, 1.807) is 6.08 Å². The van der Waals surface area contributed by atoms with Crippen molar-refractivity contribution < 1.29 is 9.90 Å². The summed E-state index contributed by atoms with van der Waals surface area (Å²) in [5.41, 5.74) is 6.61. The molecule has 4 rings (SSSR count). The van der Waals surface area contributed by atoms with Crippen molar-refractivity contribution in [2.24, 2.45) is 0 Å². The van der Waals surface area contributed by atoms with E-state index in [1.165, 1.54) is 0 Å². The highest BCUT2D eigenvalue weighted by molar-refractivity contribution is 5.87. The number of aryl methyl sites for hydroxylation is 1. The Morgan fingerprint density at radius 1 is 0.926 bits per heavy atom. The van der Waals surface area contributed by atoms with E-state index in [0.29, 0.717) is 0 Å². The maximum absolute atomic E-state index is 11.0. The van der Waals surface area contributed by atoms with Crippen LogP contribution in [0.1, 0.15) is 11.3 Å². The number of benzene rings is 2. The lowest BCUT2D eigenvalue weighted by atomic mass is 10.0. The van der Waals surface area contributed by atoms with Crippen LogP contribution in [-0.2, 0) is 4.79 Å². The number of hydrogen-bond donors (Lipinski definition) is 1. The molecule has 1 N–H and O–H groups in total. The monoisotopic (exact) mass is 354 g/mol. The lowest BCUT2D eigenvalue weighted by Crippen LogP contribution is -1.91. The van der Waals surface area contributed by atoms with Crippen LogP contribution in [0.5, 0.6) is 0 Å². The van der Waals surface area contributed by atoms with E-state index < -0.39 is 5.97 Å². The summed E-state index contributed by atoms with van der Waals surface area (Å²) in [6.45, 7) is 2.00. The number of rotatable bonds is 4. The van der Waals surface area contributed by atoms with E-state index in [1.807, 2.05) is 60.0 Å². The minimum absolute atomic E-state index is 0.753.